The summed E-state index contributed by atoms with van der Waals surface area (Å²) in [6.07, 6.45) is 9.46. The molecule has 0 spiro atoms. The zero-order valence-corrected chi connectivity index (χ0v) is 26.2. The molecule has 0 saturated carbocycles. The zero-order chi connectivity index (χ0) is 30.2. The number of thioether (sulfide) groups is 1. The third-order valence-electron chi connectivity index (χ3n) is 6.51. The van der Waals surface area contributed by atoms with Crippen molar-refractivity contribution in [3.05, 3.63) is 28.2 Å². The Morgan fingerprint density at radius 2 is 1.90 bits per heavy atom. The summed E-state index contributed by atoms with van der Waals surface area (Å²) in [5, 5.41) is 10.4. The minimum absolute atomic E-state index is 0.116. The van der Waals surface area contributed by atoms with Gasteiger partial charge >= 0.3 is 5.97 Å². The molecule has 0 aromatic carbocycles. The van der Waals surface area contributed by atoms with Gasteiger partial charge in [-0.2, -0.15) is 0 Å². The van der Waals surface area contributed by atoms with Crippen molar-refractivity contribution in [2.45, 2.75) is 110 Å². The monoisotopic (exact) mass is 608 g/mol. The first-order valence-corrected chi connectivity index (χ1v) is 16.4. The van der Waals surface area contributed by atoms with E-state index in [0.717, 1.165) is 19.3 Å². The second-order valence-corrected chi connectivity index (χ2v) is 12.4. The number of allylic oxidation sites excluding steroid dienone is 1. The number of esters is 1. The molecule has 1 aliphatic rings. The number of thiazole rings is 1. The van der Waals surface area contributed by atoms with E-state index in [1.54, 1.807) is 32.2 Å². The molecule has 3 amide bonds. The van der Waals surface area contributed by atoms with Crippen LogP contribution in [0.15, 0.2) is 17.5 Å². The fraction of sp³-hybridized carbons (Fsp3) is 0.655. The molecule has 1 aliphatic heterocycles. The first kappa shape index (κ1) is 34.5. The summed E-state index contributed by atoms with van der Waals surface area (Å²) < 4.78 is 5.70. The van der Waals surface area contributed by atoms with Crippen molar-refractivity contribution in [2.75, 3.05) is 5.75 Å². The number of hydrogen-bond acceptors (Lipinski definition) is 9. The highest BCUT2D eigenvalue weighted by Crippen LogP contribution is 2.15. The van der Waals surface area contributed by atoms with Crippen molar-refractivity contribution in [3.8, 4) is 0 Å². The van der Waals surface area contributed by atoms with Crippen molar-refractivity contribution in [1.82, 2.24) is 20.9 Å². The van der Waals surface area contributed by atoms with Gasteiger partial charge in [0.2, 0.25) is 11.8 Å². The maximum absolute atomic E-state index is 13.2. The van der Waals surface area contributed by atoms with Crippen LogP contribution >= 0.6 is 23.1 Å². The molecule has 0 saturated heterocycles. The molecule has 0 radical (unpaired) electrons. The smallest absolute Gasteiger partial charge is 0.329 e. The Hall–Kier alpha value is -2.73. The molecule has 3 atom stereocenters. The number of carbonyl (C=O) groups excluding carboxylic acids is 5. The normalized spacial score (nSPS) is 21.0. The molecule has 10 nitrogen and oxygen atoms in total. The highest BCUT2D eigenvalue weighted by Gasteiger charge is 2.31. The van der Waals surface area contributed by atoms with Crippen LogP contribution in [0.5, 0.6) is 0 Å². The van der Waals surface area contributed by atoms with Crippen molar-refractivity contribution >= 4 is 51.9 Å². The molecule has 2 rings (SSSR count). The Bertz CT molecular complexity index is 1060. The number of cyclic esters (lactones) is 1. The highest BCUT2D eigenvalue weighted by atomic mass is 32.2. The minimum atomic E-state index is -0.975. The van der Waals surface area contributed by atoms with Crippen molar-refractivity contribution in [3.63, 3.8) is 0 Å². The first-order valence-electron chi connectivity index (χ1n) is 14.5. The van der Waals surface area contributed by atoms with E-state index < -0.39 is 36.0 Å². The molecule has 41 heavy (non-hydrogen) atoms. The van der Waals surface area contributed by atoms with Crippen LogP contribution < -0.4 is 16.0 Å². The molecule has 228 valence electrons. The van der Waals surface area contributed by atoms with Crippen LogP contribution in [0.2, 0.25) is 0 Å². The predicted molar refractivity (Wildman–Crippen MR) is 161 cm³/mol. The lowest BCUT2D eigenvalue weighted by Crippen LogP contribution is -2.53. The van der Waals surface area contributed by atoms with E-state index in [2.05, 4.69) is 27.9 Å². The Morgan fingerprint density at radius 3 is 2.61 bits per heavy atom. The minimum Gasteiger partial charge on any atom is -0.456 e. The van der Waals surface area contributed by atoms with Gasteiger partial charge in [0, 0.05) is 17.6 Å². The maximum atomic E-state index is 13.2. The van der Waals surface area contributed by atoms with Gasteiger partial charge in [0.15, 0.2) is 5.12 Å². The number of hydrogen-bond donors (Lipinski definition) is 3. The van der Waals surface area contributed by atoms with Gasteiger partial charge in [0.05, 0.1) is 13.0 Å². The number of aromatic nitrogens is 1. The standard InChI is InChI=1S/C29H44N4O6S2/c1-5-7-8-9-10-14-25(35)40-15-12-11-13-20-16-23(34)30-17-24-31-22(18-41-24)28(37)32-21(6-2)27(36)33-26(19(3)4)29(38)39-20/h11,13,18-21,26H,5-10,12,14-17H2,1-4H3,(H,30,34)(H,32,37)(H,33,36)/b13-11+/t20-,21-,26+/m1/s1. The summed E-state index contributed by atoms with van der Waals surface area (Å²) >= 11 is 2.52. The third kappa shape index (κ3) is 12.8. The van der Waals surface area contributed by atoms with Gasteiger partial charge < -0.3 is 20.7 Å². The number of rotatable bonds is 12. The van der Waals surface area contributed by atoms with Crippen molar-refractivity contribution < 1.29 is 28.7 Å². The summed E-state index contributed by atoms with van der Waals surface area (Å²) in [5.74, 6) is -1.74. The molecular weight excluding hydrogens is 564 g/mol. The van der Waals surface area contributed by atoms with Gasteiger partial charge in [-0.1, -0.05) is 71.2 Å². The van der Waals surface area contributed by atoms with Crippen LogP contribution in [0.25, 0.3) is 0 Å². The summed E-state index contributed by atoms with van der Waals surface area (Å²) in [7, 11) is 0. The number of unbranched alkanes of at least 4 members (excludes halogenated alkanes) is 4. The van der Waals surface area contributed by atoms with Gasteiger partial charge in [-0.15, -0.1) is 11.3 Å². The number of nitrogens with zero attached hydrogens (tertiary/aromatic N) is 1. The second kappa shape index (κ2) is 18.7. The van der Waals surface area contributed by atoms with Crippen LogP contribution in [0.4, 0.5) is 0 Å². The molecule has 1 aromatic heterocycles. The quantitative estimate of drug-likeness (QED) is 0.181. The summed E-state index contributed by atoms with van der Waals surface area (Å²) in [5.41, 5.74) is 0.158. The molecule has 2 heterocycles. The summed E-state index contributed by atoms with van der Waals surface area (Å²) in [4.78, 5) is 67.9. The SMILES string of the molecule is CCCCCCCC(=O)SCC/C=C/[C@@H]1CC(=O)NCc2nc(cs2)C(=O)N[C@H](CC)C(=O)N[C@@H](C(C)C)C(=O)O1. The Kier molecular flexibility index (Phi) is 15.7. The van der Waals surface area contributed by atoms with Gasteiger partial charge in [-0.3, -0.25) is 19.2 Å². The average molecular weight is 609 g/mol. The molecular formula is C29H44N4O6S2. The third-order valence-corrected chi connectivity index (χ3v) is 8.32. The lowest BCUT2D eigenvalue weighted by molar-refractivity contribution is -0.153. The van der Waals surface area contributed by atoms with Gasteiger partial charge in [0.25, 0.3) is 5.91 Å². The van der Waals surface area contributed by atoms with E-state index in [1.165, 1.54) is 35.9 Å². The van der Waals surface area contributed by atoms with Crippen LogP contribution in [-0.2, 0) is 30.5 Å². The van der Waals surface area contributed by atoms with Gasteiger partial charge in [-0.05, 0) is 31.3 Å². The lowest BCUT2D eigenvalue weighted by Gasteiger charge is -2.25. The van der Waals surface area contributed by atoms with E-state index in [1.807, 2.05) is 6.08 Å². The van der Waals surface area contributed by atoms with E-state index in [-0.39, 0.29) is 35.6 Å². The molecule has 0 aliphatic carbocycles. The van der Waals surface area contributed by atoms with E-state index >= 15 is 0 Å². The number of amides is 3. The fourth-order valence-corrected chi connectivity index (χ4v) is 5.55. The van der Waals surface area contributed by atoms with Gasteiger partial charge in [0.1, 0.15) is 28.9 Å². The second-order valence-electron chi connectivity index (χ2n) is 10.3. The fourth-order valence-electron chi connectivity index (χ4n) is 4.07. The van der Waals surface area contributed by atoms with Crippen LogP contribution in [0.3, 0.4) is 0 Å². The number of ether oxygens (including phenoxy) is 1. The Labute approximate surface area is 251 Å². The molecule has 0 unspecified atom stereocenters. The van der Waals surface area contributed by atoms with E-state index in [9.17, 15) is 24.0 Å². The first-order chi connectivity index (χ1) is 19.6. The number of carbonyl (C=O) groups is 5. The van der Waals surface area contributed by atoms with E-state index in [4.69, 9.17) is 4.74 Å². The summed E-state index contributed by atoms with van der Waals surface area (Å²) in [6.45, 7) is 7.58. The largest absolute Gasteiger partial charge is 0.456 e. The van der Waals surface area contributed by atoms with Gasteiger partial charge in [-0.25, -0.2) is 9.78 Å². The number of nitrogens with one attached hydrogen (secondary N) is 3. The van der Waals surface area contributed by atoms with Crippen molar-refractivity contribution in [1.29, 1.82) is 0 Å². The molecule has 2 bridgehead atoms. The zero-order valence-electron chi connectivity index (χ0n) is 24.5. The Balaban J connectivity index is 2.08. The van der Waals surface area contributed by atoms with Crippen LogP contribution in [0, 0.1) is 5.92 Å². The molecule has 3 N–H and O–H groups in total. The lowest BCUT2D eigenvalue weighted by atomic mass is 10.0. The average Bonchev–Trinajstić information content (AvgIpc) is 3.41. The van der Waals surface area contributed by atoms with Crippen LogP contribution in [0.1, 0.15) is 101 Å². The summed E-state index contributed by atoms with van der Waals surface area (Å²) in [6, 6.07) is -1.83. The Morgan fingerprint density at radius 1 is 1.15 bits per heavy atom. The van der Waals surface area contributed by atoms with Crippen molar-refractivity contribution in [2.24, 2.45) is 5.92 Å². The predicted octanol–water partition coefficient (Wildman–Crippen LogP) is 4.29. The molecule has 1 aromatic rings. The molecule has 12 heteroatoms. The number of fused-ring (bicyclic) bond motifs is 2. The maximum Gasteiger partial charge on any atom is 0.329 e. The molecule has 0 fully saturated rings. The highest BCUT2D eigenvalue weighted by molar-refractivity contribution is 8.13. The topological polar surface area (TPSA) is 144 Å². The van der Waals surface area contributed by atoms with E-state index in [0.29, 0.717) is 30.0 Å². The van der Waals surface area contributed by atoms with Crippen LogP contribution in [-0.4, -0.2) is 57.7 Å².